The first-order valence-corrected chi connectivity index (χ1v) is 15.5. The second-order valence-electron chi connectivity index (χ2n) is 13.5. The Kier molecular flexibility index (Phi) is 9.66. The molecule has 4 N–H and O–H groups in total. The van der Waals surface area contributed by atoms with E-state index < -0.39 is 0 Å². The molecule has 0 bridgehead atoms. The summed E-state index contributed by atoms with van der Waals surface area (Å²) in [5, 5.41) is 0. The molecule has 0 heterocycles. The molecule has 204 valence electrons. The molecule has 4 aliphatic rings. The van der Waals surface area contributed by atoms with Crippen molar-refractivity contribution in [2.45, 2.75) is 123 Å². The summed E-state index contributed by atoms with van der Waals surface area (Å²) in [6.45, 7) is 13.4. The molecule has 0 saturated heterocycles. The lowest BCUT2D eigenvalue weighted by Gasteiger charge is -2.63. The fourth-order valence-corrected chi connectivity index (χ4v) is 9.89. The number of unbranched alkanes of at least 4 members (excludes halogenated alkanes) is 1. The van der Waals surface area contributed by atoms with Crippen molar-refractivity contribution in [1.82, 2.24) is 0 Å². The van der Waals surface area contributed by atoms with Gasteiger partial charge in [0.2, 0.25) is 0 Å². The summed E-state index contributed by atoms with van der Waals surface area (Å²) in [6.07, 6.45) is 17.7. The van der Waals surface area contributed by atoms with E-state index in [0.717, 1.165) is 74.7 Å². The van der Waals surface area contributed by atoms with Crippen LogP contribution in [-0.2, 0) is 9.47 Å². The maximum absolute atomic E-state index is 6.87. The topological polar surface area (TPSA) is 70.5 Å². The van der Waals surface area contributed by atoms with Crippen molar-refractivity contribution >= 4 is 0 Å². The molecule has 0 aromatic rings. The molecule has 4 heteroatoms. The van der Waals surface area contributed by atoms with Crippen LogP contribution >= 0.6 is 0 Å². The summed E-state index contributed by atoms with van der Waals surface area (Å²) in [5.41, 5.74) is 12.4. The van der Waals surface area contributed by atoms with Gasteiger partial charge in [0.05, 0.1) is 12.2 Å². The molecule has 4 aliphatic carbocycles. The molecule has 0 amide bonds. The molecule has 4 nitrogen and oxygen atoms in total. The van der Waals surface area contributed by atoms with Crippen molar-refractivity contribution in [3.05, 3.63) is 0 Å². The van der Waals surface area contributed by atoms with E-state index in [1.54, 1.807) is 0 Å². The van der Waals surface area contributed by atoms with Gasteiger partial charge in [-0.15, -0.1) is 0 Å². The van der Waals surface area contributed by atoms with Gasteiger partial charge in [-0.3, -0.25) is 0 Å². The zero-order valence-electron chi connectivity index (χ0n) is 23.6. The van der Waals surface area contributed by atoms with Crippen LogP contribution in [0.3, 0.4) is 0 Å². The van der Waals surface area contributed by atoms with Gasteiger partial charge in [0.25, 0.3) is 0 Å². The van der Waals surface area contributed by atoms with Gasteiger partial charge in [0.15, 0.2) is 0 Å². The summed E-state index contributed by atoms with van der Waals surface area (Å²) < 4.78 is 13.2. The summed E-state index contributed by atoms with van der Waals surface area (Å²) in [4.78, 5) is 0. The summed E-state index contributed by atoms with van der Waals surface area (Å²) >= 11 is 0. The van der Waals surface area contributed by atoms with Crippen LogP contribution in [0.15, 0.2) is 0 Å². The van der Waals surface area contributed by atoms with Crippen LogP contribution in [0.2, 0.25) is 0 Å². The molecule has 4 rings (SSSR count). The third-order valence-corrected chi connectivity index (χ3v) is 11.8. The van der Waals surface area contributed by atoms with Crippen molar-refractivity contribution in [3.8, 4) is 0 Å². The van der Waals surface area contributed by atoms with Crippen molar-refractivity contribution < 1.29 is 9.47 Å². The number of ether oxygens (including phenoxy) is 2. The van der Waals surface area contributed by atoms with Crippen molar-refractivity contribution in [1.29, 1.82) is 0 Å². The quantitative estimate of drug-likeness (QED) is 0.304. The van der Waals surface area contributed by atoms with Gasteiger partial charge >= 0.3 is 0 Å². The van der Waals surface area contributed by atoms with E-state index in [2.05, 4.69) is 27.7 Å². The Hall–Kier alpha value is -0.160. The molecule has 0 aromatic carbocycles. The smallest absolute Gasteiger partial charge is 0.0637 e. The fourth-order valence-electron chi connectivity index (χ4n) is 9.89. The minimum Gasteiger partial charge on any atom is -0.378 e. The van der Waals surface area contributed by atoms with Crippen LogP contribution in [0, 0.1) is 46.3 Å². The molecule has 4 fully saturated rings. The normalized spacial score (nSPS) is 43.9. The molecule has 3 unspecified atom stereocenters. The maximum Gasteiger partial charge on any atom is 0.0637 e. The molecule has 0 spiro atoms. The van der Waals surface area contributed by atoms with Crippen LogP contribution in [0.4, 0.5) is 0 Å². The molecular formula is C31H58N2O2. The van der Waals surface area contributed by atoms with E-state index in [4.69, 9.17) is 20.9 Å². The molecular weight excluding hydrogens is 432 g/mol. The average Bonchev–Trinajstić information content (AvgIpc) is 3.21. The Morgan fingerprint density at radius 3 is 2.31 bits per heavy atom. The lowest BCUT2D eigenvalue weighted by Crippen LogP contribution is -2.59. The van der Waals surface area contributed by atoms with Gasteiger partial charge in [-0.1, -0.05) is 47.0 Å². The SMILES string of the molecule is CCCC[C@@H](C)C1CCC2[C@@H]3CC[C@@H]4C[C@H](OCCCN)CC[C@]4(C)C3C[C@H](OCCCN)[C@@]21C. The highest BCUT2D eigenvalue weighted by atomic mass is 16.5. The highest BCUT2D eigenvalue weighted by molar-refractivity contribution is 5.13. The van der Waals surface area contributed by atoms with Gasteiger partial charge < -0.3 is 20.9 Å². The molecule has 4 saturated carbocycles. The van der Waals surface area contributed by atoms with E-state index in [-0.39, 0.29) is 0 Å². The lowest BCUT2D eigenvalue weighted by molar-refractivity contribution is -0.192. The van der Waals surface area contributed by atoms with Crippen molar-refractivity contribution in [2.24, 2.45) is 57.8 Å². The number of fused-ring (bicyclic) bond motifs is 5. The first-order valence-electron chi connectivity index (χ1n) is 15.5. The number of hydrogen-bond acceptors (Lipinski definition) is 4. The number of rotatable bonds is 12. The van der Waals surface area contributed by atoms with Gasteiger partial charge in [-0.25, -0.2) is 0 Å². The molecule has 10 atom stereocenters. The summed E-state index contributed by atoms with van der Waals surface area (Å²) in [5.74, 6) is 5.01. The highest BCUT2D eigenvalue weighted by Gasteiger charge is 2.64. The Morgan fingerprint density at radius 1 is 0.857 bits per heavy atom. The zero-order chi connectivity index (χ0) is 25.1. The van der Waals surface area contributed by atoms with Crippen LogP contribution in [0.25, 0.3) is 0 Å². The van der Waals surface area contributed by atoms with Gasteiger partial charge in [-0.05, 0) is 124 Å². The molecule has 0 radical (unpaired) electrons. The third kappa shape index (κ3) is 5.38. The maximum atomic E-state index is 6.87. The second kappa shape index (κ2) is 12.1. The van der Waals surface area contributed by atoms with Crippen molar-refractivity contribution in [3.63, 3.8) is 0 Å². The molecule has 35 heavy (non-hydrogen) atoms. The van der Waals surface area contributed by atoms with E-state index in [0.29, 0.717) is 23.0 Å². The average molecular weight is 491 g/mol. The number of hydrogen-bond donors (Lipinski definition) is 2. The third-order valence-electron chi connectivity index (χ3n) is 11.8. The molecule has 0 aliphatic heterocycles. The minimum atomic E-state index is 0.342. The lowest BCUT2D eigenvalue weighted by atomic mass is 9.43. The largest absolute Gasteiger partial charge is 0.378 e. The zero-order valence-corrected chi connectivity index (χ0v) is 23.6. The Bertz CT molecular complexity index is 658. The number of nitrogens with two attached hydrogens (primary N) is 2. The summed E-state index contributed by atoms with van der Waals surface area (Å²) in [6, 6.07) is 0. The fraction of sp³-hybridized carbons (Fsp3) is 1.00. The van der Waals surface area contributed by atoms with E-state index in [9.17, 15) is 0 Å². The Balaban J connectivity index is 1.53. The Labute approximate surface area is 217 Å². The van der Waals surface area contributed by atoms with Crippen LogP contribution in [-0.4, -0.2) is 38.5 Å². The molecule has 0 aromatic heterocycles. The van der Waals surface area contributed by atoms with Crippen LogP contribution in [0.1, 0.15) is 111 Å². The van der Waals surface area contributed by atoms with Crippen molar-refractivity contribution in [2.75, 3.05) is 26.3 Å². The Morgan fingerprint density at radius 2 is 1.60 bits per heavy atom. The van der Waals surface area contributed by atoms with Gasteiger partial charge in [0.1, 0.15) is 0 Å². The highest BCUT2D eigenvalue weighted by Crippen LogP contribution is 2.69. The van der Waals surface area contributed by atoms with Gasteiger partial charge in [0, 0.05) is 13.2 Å². The van der Waals surface area contributed by atoms with E-state index >= 15 is 0 Å². The predicted molar refractivity (Wildman–Crippen MR) is 146 cm³/mol. The first kappa shape index (κ1) is 27.9. The summed E-state index contributed by atoms with van der Waals surface area (Å²) in [7, 11) is 0. The monoisotopic (exact) mass is 490 g/mol. The first-order chi connectivity index (χ1) is 16.9. The van der Waals surface area contributed by atoms with E-state index in [1.807, 2.05) is 0 Å². The standard InChI is InChI=1S/C31H58N2O2/c1-5-6-9-22(2)26-12-13-27-25-11-10-23-20-24(34-18-7-16-32)14-15-30(23,3)28(25)21-29(31(26,27)4)35-19-8-17-33/h22-29H,5-21,32-33H2,1-4H3/t22-,23-,24-,25+,26?,27?,28?,29+,30+,31-/m1/s1. The van der Waals surface area contributed by atoms with Gasteiger partial charge in [-0.2, -0.15) is 0 Å². The predicted octanol–water partition coefficient (Wildman–Crippen LogP) is 6.55. The second-order valence-corrected chi connectivity index (χ2v) is 13.5. The van der Waals surface area contributed by atoms with Crippen LogP contribution in [0.5, 0.6) is 0 Å². The van der Waals surface area contributed by atoms with Crippen LogP contribution < -0.4 is 11.5 Å². The van der Waals surface area contributed by atoms with E-state index in [1.165, 1.54) is 70.6 Å². The minimum absolute atomic E-state index is 0.342.